The van der Waals surface area contributed by atoms with Crippen molar-refractivity contribution in [1.82, 2.24) is 0 Å². The van der Waals surface area contributed by atoms with Crippen molar-refractivity contribution in [2.45, 2.75) is 31.9 Å². The molecular weight excluding hydrogens is 229 g/mol. The average molecular weight is 245 g/mol. The summed E-state index contributed by atoms with van der Waals surface area (Å²) in [4.78, 5) is 2.85. The van der Waals surface area contributed by atoms with Crippen LogP contribution in [0.4, 0.5) is 0 Å². The van der Waals surface area contributed by atoms with Crippen LogP contribution in [0.25, 0.3) is 10.4 Å². The van der Waals surface area contributed by atoms with Gasteiger partial charge in [-0.15, -0.1) is 0 Å². The van der Waals surface area contributed by atoms with Crippen LogP contribution in [-0.2, 0) is 9.31 Å². The van der Waals surface area contributed by atoms with Crippen LogP contribution in [0.1, 0.15) is 19.8 Å². The zero-order chi connectivity index (χ0) is 12.8. The Bertz CT molecular complexity index is 423. The van der Waals surface area contributed by atoms with Gasteiger partial charge in [-0.2, -0.15) is 0 Å². The van der Waals surface area contributed by atoms with Gasteiger partial charge in [0.15, 0.2) is 0 Å². The molecule has 0 aliphatic carbocycles. The van der Waals surface area contributed by atoms with E-state index >= 15 is 0 Å². The Hall–Kier alpha value is -1.49. The van der Waals surface area contributed by atoms with Crippen molar-refractivity contribution in [2.75, 3.05) is 6.61 Å². The maximum absolute atomic E-state index is 8.53. The molecule has 0 aromatic heterocycles. The normalized spacial score (nSPS) is 23.5. The number of rotatable bonds is 4. The van der Waals surface area contributed by atoms with E-state index in [1.54, 1.807) is 0 Å². The number of nitrogens with zero attached hydrogens (tertiary/aromatic N) is 3. The van der Waals surface area contributed by atoms with E-state index in [1.807, 2.05) is 30.3 Å². The van der Waals surface area contributed by atoms with E-state index in [-0.39, 0.29) is 19.3 Å². The summed E-state index contributed by atoms with van der Waals surface area (Å²) in [5.41, 5.74) is 9.53. The SMILES string of the molecule is CCC[C@H]1OB(c2ccccc2)OC[C@@H]1N=[N+]=[N-]. The smallest absolute Gasteiger partial charge is 0.407 e. The van der Waals surface area contributed by atoms with Gasteiger partial charge >= 0.3 is 7.12 Å². The predicted molar refractivity (Wildman–Crippen MR) is 70.5 cm³/mol. The average Bonchev–Trinajstić information content (AvgIpc) is 2.42. The minimum atomic E-state index is -0.354. The van der Waals surface area contributed by atoms with Crippen molar-refractivity contribution in [2.24, 2.45) is 5.11 Å². The summed E-state index contributed by atoms with van der Waals surface area (Å²) in [6.07, 6.45) is 1.80. The Labute approximate surface area is 107 Å². The molecule has 2 rings (SSSR count). The molecule has 0 bridgehead atoms. The summed E-state index contributed by atoms with van der Waals surface area (Å²) in [7, 11) is -0.354. The molecule has 0 saturated carbocycles. The van der Waals surface area contributed by atoms with Gasteiger partial charge in [0.2, 0.25) is 0 Å². The topological polar surface area (TPSA) is 67.2 Å². The Kier molecular flexibility index (Phi) is 4.64. The molecule has 2 atom stereocenters. The maximum atomic E-state index is 8.53. The lowest BCUT2D eigenvalue weighted by molar-refractivity contribution is 0.0492. The van der Waals surface area contributed by atoms with E-state index < -0.39 is 0 Å². The summed E-state index contributed by atoms with van der Waals surface area (Å²) < 4.78 is 11.5. The summed E-state index contributed by atoms with van der Waals surface area (Å²) in [5, 5.41) is 3.74. The van der Waals surface area contributed by atoms with Crippen LogP contribution in [0.5, 0.6) is 0 Å². The lowest BCUT2D eigenvalue weighted by Gasteiger charge is -2.32. The molecular formula is C12H16BN3O2. The Morgan fingerprint density at radius 2 is 2.22 bits per heavy atom. The van der Waals surface area contributed by atoms with Gasteiger partial charge in [-0.3, -0.25) is 0 Å². The largest absolute Gasteiger partial charge is 0.494 e. The summed E-state index contributed by atoms with van der Waals surface area (Å²) in [6.45, 7) is 2.50. The van der Waals surface area contributed by atoms with Crippen molar-refractivity contribution in [1.29, 1.82) is 0 Å². The summed E-state index contributed by atoms with van der Waals surface area (Å²) >= 11 is 0. The third kappa shape index (κ3) is 3.04. The molecule has 1 aliphatic rings. The highest BCUT2D eigenvalue weighted by atomic mass is 16.6. The minimum Gasteiger partial charge on any atom is -0.407 e. The minimum absolute atomic E-state index is 0.0649. The van der Waals surface area contributed by atoms with Crippen LogP contribution in [0, 0.1) is 0 Å². The van der Waals surface area contributed by atoms with Crippen LogP contribution in [0.2, 0.25) is 0 Å². The second-order valence-electron chi connectivity index (χ2n) is 4.31. The van der Waals surface area contributed by atoms with Crippen LogP contribution in [0.15, 0.2) is 35.4 Å². The van der Waals surface area contributed by atoms with E-state index in [0.29, 0.717) is 6.61 Å². The molecule has 0 N–H and O–H groups in total. The zero-order valence-electron chi connectivity index (χ0n) is 10.4. The van der Waals surface area contributed by atoms with E-state index in [2.05, 4.69) is 16.9 Å². The van der Waals surface area contributed by atoms with Gasteiger partial charge in [0, 0.05) is 11.5 Å². The van der Waals surface area contributed by atoms with E-state index in [0.717, 1.165) is 18.3 Å². The van der Waals surface area contributed by atoms with Gasteiger partial charge in [-0.05, 0) is 17.4 Å². The second kappa shape index (κ2) is 6.45. The molecule has 94 valence electrons. The molecule has 5 nitrogen and oxygen atoms in total. The molecule has 1 saturated heterocycles. The lowest BCUT2D eigenvalue weighted by Crippen LogP contribution is -2.50. The molecule has 6 heteroatoms. The third-order valence-corrected chi connectivity index (χ3v) is 2.99. The molecule has 1 fully saturated rings. The monoisotopic (exact) mass is 245 g/mol. The standard InChI is InChI=1S/C12H16BN3O2/c1-2-6-12-11(15-16-14)9-17-13(18-12)10-7-4-3-5-8-10/h3-5,7-8,11-12H,2,6,9H2,1H3/t11-,12+/m0/s1. The molecule has 1 heterocycles. The Morgan fingerprint density at radius 3 is 2.89 bits per heavy atom. The number of hydrogen-bond acceptors (Lipinski definition) is 3. The molecule has 0 radical (unpaired) electrons. The maximum Gasteiger partial charge on any atom is 0.494 e. The first-order valence-electron chi connectivity index (χ1n) is 6.21. The van der Waals surface area contributed by atoms with Crippen molar-refractivity contribution in [3.63, 3.8) is 0 Å². The van der Waals surface area contributed by atoms with Gasteiger partial charge in [0.05, 0.1) is 12.1 Å². The fourth-order valence-electron chi connectivity index (χ4n) is 2.09. The fourth-order valence-corrected chi connectivity index (χ4v) is 2.09. The van der Waals surface area contributed by atoms with Gasteiger partial charge in [-0.1, -0.05) is 48.8 Å². The molecule has 1 aromatic rings. The second-order valence-corrected chi connectivity index (χ2v) is 4.31. The first-order chi connectivity index (χ1) is 8.85. The van der Waals surface area contributed by atoms with Gasteiger partial charge < -0.3 is 9.31 Å². The third-order valence-electron chi connectivity index (χ3n) is 2.99. The number of benzene rings is 1. The number of azide groups is 1. The highest BCUT2D eigenvalue weighted by Gasteiger charge is 2.35. The zero-order valence-corrected chi connectivity index (χ0v) is 10.4. The summed E-state index contributed by atoms with van der Waals surface area (Å²) in [6, 6.07) is 9.59. The highest BCUT2D eigenvalue weighted by molar-refractivity contribution is 6.61. The molecule has 1 aromatic carbocycles. The van der Waals surface area contributed by atoms with Crippen molar-refractivity contribution in [3.05, 3.63) is 40.8 Å². The molecule has 0 spiro atoms. The van der Waals surface area contributed by atoms with Gasteiger partial charge in [-0.25, -0.2) is 0 Å². The van der Waals surface area contributed by atoms with Crippen LogP contribution < -0.4 is 5.46 Å². The molecule has 1 aliphatic heterocycles. The number of hydrogen-bond donors (Lipinski definition) is 0. The summed E-state index contributed by atoms with van der Waals surface area (Å²) in [5.74, 6) is 0. The van der Waals surface area contributed by atoms with Crippen LogP contribution in [-0.4, -0.2) is 25.9 Å². The lowest BCUT2D eigenvalue weighted by atomic mass is 9.77. The Balaban J connectivity index is 2.08. The quantitative estimate of drug-likeness (QED) is 0.353. The molecule has 18 heavy (non-hydrogen) atoms. The Morgan fingerprint density at radius 1 is 1.44 bits per heavy atom. The van der Waals surface area contributed by atoms with Gasteiger partial charge in [0.25, 0.3) is 0 Å². The van der Waals surface area contributed by atoms with E-state index in [1.165, 1.54) is 0 Å². The van der Waals surface area contributed by atoms with E-state index in [4.69, 9.17) is 14.8 Å². The van der Waals surface area contributed by atoms with Crippen LogP contribution >= 0.6 is 0 Å². The molecule has 0 amide bonds. The van der Waals surface area contributed by atoms with Crippen molar-refractivity contribution >= 4 is 12.6 Å². The van der Waals surface area contributed by atoms with Crippen LogP contribution in [0.3, 0.4) is 0 Å². The van der Waals surface area contributed by atoms with Gasteiger partial charge in [0.1, 0.15) is 0 Å². The predicted octanol–water partition coefficient (Wildman–Crippen LogP) is 2.28. The van der Waals surface area contributed by atoms with Crippen molar-refractivity contribution < 1.29 is 9.31 Å². The molecule has 0 unspecified atom stereocenters. The first kappa shape index (κ1) is 13.0. The highest BCUT2D eigenvalue weighted by Crippen LogP contribution is 2.18. The van der Waals surface area contributed by atoms with Crippen molar-refractivity contribution in [3.8, 4) is 0 Å². The fraction of sp³-hybridized carbons (Fsp3) is 0.500. The first-order valence-corrected chi connectivity index (χ1v) is 6.21. The van der Waals surface area contributed by atoms with E-state index in [9.17, 15) is 0 Å².